The molecule has 2 heteroatoms. The summed E-state index contributed by atoms with van der Waals surface area (Å²) in [6.07, 6.45) is 11.1. The third-order valence-electron chi connectivity index (χ3n) is 6.39. The summed E-state index contributed by atoms with van der Waals surface area (Å²) in [6, 6.07) is 21.7. The van der Waals surface area contributed by atoms with Crippen molar-refractivity contribution in [2.24, 2.45) is 0 Å². The van der Waals surface area contributed by atoms with Crippen LogP contribution in [0.3, 0.4) is 0 Å². The lowest BCUT2D eigenvalue weighted by atomic mass is 9.86. The average molecular weight is 395 g/mol. The topological polar surface area (TPSA) is 18.5 Å². The number of allylic oxidation sites excluding steroid dienone is 2. The number of benzene rings is 3. The maximum absolute atomic E-state index is 5.64. The molecular formula is C28H26O2. The van der Waals surface area contributed by atoms with Gasteiger partial charge in [0.25, 0.3) is 0 Å². The fourth-order valence-corrected chi connectivity index (χ4v) is 4.82. The second-order valence-electron chi connectivity index (χ2n) is 8.07. The summed E-state index contributed by atoms with van der Waals surface area (Å²) in [7, 11) is 3.42. The third-order valence-corrected chi connectivity index (χ3v) is 6.39. The molecule has 2 unspecified atom stereocenters. The van der Waals surface area contributed by atoms with Crippen LogP contribution < -0.4 is 9.47 Å². The molecule has 3 aromatic carbocycles. The number of hydrogen-bond donors (Lipinski definition) is 0. The second-order valence-corrected chi connectivity index (χ2v) is 8.07. The predicted molar refractivity (Wildman–Crippen MR) is 123 cm³/mol. The highest BCUT2D eigenvalue weighted by molar-refractivity contribution is 5.64. The SMILES string of the molecule is COc1cc(CC2C=Cc3ccccc32)c(CC2C=Cc3ccccc32)cc1OC. The van der Waals surface area contributed by atoms with Crippen LogP contribution >= 0.6 is 0 Å². The van der Waals surface area contributed by atoms with Gasteiger partial charge in [0.15, 0.2) is 11.5 Å². The zero-order chi connectivity index (χ0) is 20.5. The Kier molecular flexibility index (Phi) is 4.92. The Labute approximate surface area is 178 Å². The summed E-state index contributed by atoms with van der Waals surface area (Å²) in [6.45, 7) is 0. The fraction of sp³-hybridized carbons (Fsp3) is 0.214. The molecule has 2 aliphatic rings. The first kappa shape index (κ1) is 18.7. The van der Waals surface area contributed by atoms with Crippen LogP contribution in [0.2, 0.25) is 0 Å². The highest BCUT2D eigenvalue weighted by Gasteiger charge is 2.23. The third kappa shape index (κ3) is 3.33. The zero-order valence-corrected chi connectivity index (χ0v) is 17.5. The molecule has 0 aromatic heterocycles. The molecule has 0 N–H and O–H groups in total. The van der Waals surface area contributed by atoms with Gasteiger partial charge in [0.1, 0.15) is 0 Å². The van der Waals surface area contributed by atoms with E-state index in [2.05, 4.69) is 85.0 Å². The summed E-state index contributed by atoms with van der Waals surface area (Å²) >= 11 is 0. The first-order valence-electron chi connectivity index (χ1n) is 10.5. The molecule has 0 spiro atoms. The van der Waals surface area contributed by atoms with E-state index in [9.17, 15) is 0 Å². The molecule has 2 aliphatic carbocycles. The molecule has 0 radical (unpaired) electrons. The Morgan fingerprint density at radius 3 is 1.50 bits per heavy atom. The lowest BCUT2D eigenvalue weighted by Crippen LogP contribution is -2.07. The predicted octanol–water partition coefficient (Wildman–Crippen LogP) is 6.41. The largest absolute Gasteiger partial charge is 0.493 e. The van der Waals surface area contributed by atoms with Crippen LogP contribution in [0.25, 0.3) is 12.2 Å². The molecule has 2 nitrogen and oxygen atoms in total. The highest BCUT2D eigenvalue weighted by atomic mass is 16.5. The molecule has 0 aliphatic heterocycles. The first-order valence-corrected chi connectivity index (χ1v) is 10.5. The number of ether oxygens (including phenoxy) is 2. The van der Waals surface area contributed by atoms with E-state index in [0.29, 0.717) is 11.8 Å². The van der Waals surface area contributed by atoms with Crippen molar-refractivity contribution >= 4 is 12.2 Å². The fourth-order valence-electron chi connectivity index (χ4n) is 4.82. The molecule has 0 amide bonds. The summed E-state index contributed by atoms with van der Waals surface area (Å²) in [5.41, 5.74) is 8.14. The monoisotopic (exact) mass is 394 g/mol. The summed E-state index contributed by atoms with van der Waals surface area (Å²) in [4.78, 5) is 0. The molecule has 0 fully saturated rings. The van der Waals surface area contributed by atoms with Crippen LogP contribution in [-0.2, 0) is 12.8 Å². The number of methoxy groups -OCH3 is 2. The maximum Gasteiger partial charge on any atom is 0.161 e. The van der Waals surface area contributed by atoms with Gasteiger partial charge < -0.3 is 9.47 Å². The summed E-state index contributed by atoms with van der Waals surface area (Å²) in [5.74, 6) is 2.39. The van der Waals surface area contributed by atoms with E-state index >= 15 is 0 Å². The Morgan fingerprint density at radius 2 is 1.07 bits per heavy atom. The van der Waals surface area contributed by atoms with Crippen molar-refractivity contribution in [3.8, 4) is 11.5 Å². The van der Waals surface area contributed by atoms with Crippen LogP contribution in [0.4, 0.5) is 0 Å². The number of hydrogen-bond acceptors (Lipinski definition) is 2. The molecule has 0 saturated carbocycles. The second kappa shape index (κ2) is 7.87. The van der Waals surface area contributed by atoms with Gasteiger partial charge in [-0.3, -0.25) is 0 Å². The Hall–Kier alpha value is -3.26. The number of rotatable bonds is 6. The van der Waals surface area contributed by atoms with Gasteiger partial charge in [0.05, 0.1) is 14.2 Å². The Balaban J connectivity index is 1.50. The molecule has 3 aromatic rings. The van der Waals surface area contributed by atoms with E-state index in [1.165, 1.54) is 33.4 Å². The van der Waals surface area contributed by atoms with E-state index in [4.69, 9.17) is 9.47 Å². The minimum Gasteiger partial charge on any atom is -0.493 e. The van der Waals surface area contributed by atoms with Gasteiger partial charge in [-0.1, -0.05) is 72.8 Å². The first-order chi connectivity index (χ1) is 14.8. The molecule has 150 valence electrons. The molecule has 30 heavy (non-hydrogen) atoms. The van der Waals surface area contributed by atoms with Crippen LogP contribution in [0.5, 0.6) is 11.5 Å². The normalized spacial score (nSPS) is 18.3. The van der Waals surface area contributed by atoms with Gasteiger partial charge >= 0.3 is 0 Å². The van der Waals surface area contributed by atoms with Gasteiger partial charge in [-0.15, -0.1) is 0 Å². The van der Waals surface area contributed by atoms with Crippen LogP contribution in [0.1, 0.15) is 45.2 Å². The van der Waals surface area contributed by atoms with Crippen molar-refractivity contribution in [1.29, 1.82) is 0 Å². The molecule has 0 saturated heterocycles. The highest BCUT2D eigenvalue weighted by Crippen LogP contribution is 2.40. The minimum atomic E-state index is 0.393. The van der Waals surface area contributed by atoms with Gasteiger partial charge in [0, 0.05) is 11.8 Å². The van der Waals surface area contributed by atoms with Crippen LogP contribution in [0.15, 0.2) is 72.8 Å². The zero-order valence-electron chi connectivity index (χ0n) is 17.5. The van der Waals surface area contributed by atoms with Crippen molar-refractivity contribution in [3.63, 3.8) is 0 Å². The standard InChI is InChI=1S/C28H26O2/c1-29-27-17-23(15-21-13-11-19-7-3-5-9-25(19)21)24(18-28(27)30-2)16-22-14-12-20-8-4-6-10-26(20)22/h3-14,17-18,21-22H,15-16H2,1-2H3. The van der Waals surface area contributed by atoms with Crippen LogP contribution in [-0.4, -0.2) is 14.2 Å². The van der Waals surface area contributed by atoms with Gasteiger partial charge in [-0.25, -0.2) is 0 Å². The summed E-state index contributed by atoms with van der Waals surface area (Å²) in [5, 5.41) is 0. The van der Waals surface area contributed by atoms with Crippen molar-refractivity contribution in [1.82, 2.24) is 0 Å². The minimum absolute atomic E-state index is 0.393. The molecular weight excluding hydrogens is 368 g/mol. The van der Waals surface area contributed by atoms with Gasteiger partial charge in [0.2, 0.25) is 0 Å². The van der Waals surface area contributed by atoms with Crippen molar-refractivity contribution < 1.29 is 9.47 Å². The lowest BCUT2D eigenvalue weighted by Gasteiger charge is -2.20. The van der Waals surface area contributed by atoms with E-state index in [-0.39, 0.29) is 0 Å². The van der Waals surface area contributed by atoms with E-state index in [1.54, 1.807) is 14.2 Å². The Morgan fingerprint density at radius 1 is 0.633 bits per heavy atom. The molecule has 2 atom stereocenters. The van der Waals surface area contributed by atoms with Crippen molar-refractivity contribution in [2.45, 2.75) is 24.7 Å². The maximum atomic E-state index is 5.64. The number of fused-ring (bicyclic) bond motifs is 2. The summed E-state index contributed by atoms with van der Waals surface area (Å²) < 4.78 is 11.3. The van der Waals surface area contributed by atoms with E-state index in [0.717, 1.165) is 24.3 Å². The van der Waals surface area contributed by atoms with Crippen LogP contribution in [0, 0.1) is 0 Å². The van der Waals surface area contributed by atoms with Gasteiger partial charge in [-0.05, 0) is 58.4 Å². The van der Waals surface area contributed by atoms with E-state index < -0.39 is 0 Å². The lowest BCUT2D eigenvalue weighted by molar-refractivity contribution is 0.354. The van der Waals surface area contributed by atoms with E-state index in [1.807, 2.05) is 0 Å². The molecule has 0 heterocycles. The molecule has 5 rings (SSSR count). The quantitative estimate of drug-likeness (QED) is 0.481. The average Bonchev–Trinajstić information content (AvgIpc) is 3.39. The Bertz CT molecular complexity index is 1050. The molecule has 0 bridgehead atoms. The smallest absolute Gasteiger partial charge is 0.161 e. The van der Waals surface area contributed by atoms with Crippen molar-refractivity contribution in [2.75, 3.05) is 14.2 Å². The van der Waals surface area contributed by atoms with Gasteiger partial charge in [-0.2, -0.15) is 0 Å². The van der Waals surface area contributed by atoms with Crippen molar-refractivity contribution in [3.05, 3.63) is 106 Å².